The van der Waals surface area contributed by atoms with E-state index in [1.54, 1.807) is 23.1 Å². The van der Waals surface area contributed by atoms with Crippen molar-refractivity contribution in [3.8, 4) is 0 Å². The maximum absolute atomic E-state index is 11.9. The van der Waals surface area contributed by atoms with Crippen molar-refractivity contribution >= 4 is 34.2 Å². The lowest BCUT2D eigenvalue weighted by molar-refractivity contribution is -0.119. The molecule has 17 heavy (non-hydrogen) atoms. The molecular formula is C12H12IN3O. The third kappa shape index (κ3) is 3.06. The van der Waals surface area contributed by atoms with Crippen molar-refractivity contribution in [3.05, 3.63) is 46.3 Å². The summed E-state index contributed by atoms with van der Waals surface area (Å²) in [6.45, 7) is 1.81. The predicted molar refractivity (Wildman–Crippen MR) is 74.7 cm³/mol. The van der Waals surface area contributed by atoms with Crippen LogP contribution in [0.4, 0.5) is 5.69 Å². The van der Waals surface area contributed by atoms with E-state index in [4.69, 9.17) is 0 Å². The third-order valence-corrected chi connectivity index (χ3v) is 3.13. The number of nitrogens with zero attached hydrogens (tertiary/aromatic N) is 2. The Labute approximate surface area is 113 Å². The number of rotatable bonds is 3. The van der Waals surface area contributed by atoms with Gasteiger partial charge in [-0.05, 0) is 59.8 Å². The molecule has 0 unspecified atom stereocenters. The Balaban J connectivity index is 2.04. The van der Waals surface area contributed by atoms with E-state index in [1.807, 2.05) is 31.2 Å². The fourth-order valence-corrected chi connectivity index (χ4v) is 1.77. The molecule has 0 radical (unpaired) electrons. The molecule has 2 rings (SSSR count). The largest absolute Gasteiger partial charge is 0.324 e. The van der Waals surface area contributed by atoms with E-state index in [9.17, 15) is 4.79 Å². The minimum atomic E-state index is -0.315. The van der Waals surface area contributed by atoms with Crippen LogP contribution in [0.2, 0.25) is 0 Å². The molecule has 0 saturated heterocycles. The number of nitrogens with one attached hydrogen (secondary N) is 1. The topological polar surface area (TPSA) is 46.9 Å². The highest BCUT2D eigenvalue weighted by Crippen LogP contribution is 2.13. The quantitative estimate of drug-likeness (QED) is 0.873. The molecule has 0 aliphatic carbocycles. The highest BCUT2D eigenvalue weighted by molar-refractivity contribution is 14.1. The zero-order valence-corrected chi connectivity index (χ0v) is 11.5. The van der Waals surface area contributed by atoms with Gasteiger partial charge in [-0.25, -0.2) is 0 Å². The number of carbonyl (C=O) groups is 1. The lowest BCUT2D eigenvalue weighted by atomic mass is 10.3. The average Bonchev–Trinajstić information content (AvgIpc) is 2.84. The Kier molecular flexibility index (Phi) is 3.78. The number of carbonyl (C=O) groups excluding carboxylic acids is 1. The summed E-state index contributed by atoms with van der Waals surface area (Å²) < 4.78 is 2.77. The Hall–Kier alpha value is -1.37. The highest BCUT2D eigenvalue weighted by atomic mass is 127. The lowest BCUT2D eigenvalue weighted by Crippen LogP contribution is -2.23. The van der Waals surface area contributed by atoms with Crippen molar-refractivity contribution in [2.45, 2.75) is 13.0 Å². The van der Waals surface area contributed by atoms with Crippen molar-refractivity contribution in [2.24, 2.45) is 0 Å². The van der Waals surface area contributed by atoms with Gasteiger partial charge < -0.3 is 5.32 Å². The molecule has 0 aliphatic heterocycles. The van der Waals surface area contributed by atoms with Crippen LogP contribution in [0.5, 0.6) is 0 Å². The summed E-state index contributed by atoms with van der Waals surface area (Å²) in [4.78, 5) is 11.9. The van der Waals surface area contributed by atoms with Gasteiger partial charge in [0.15, 0.2) is 0 Å². The maximum atomic E-state index is 11.9. The van der Waals surface area contributed by atoms with Crippen LogP contribution in [0.25, 0.3) is 0 Å². The molecule has 1 atom stereocenters. The molecule has 1 N–H and O–H groups in total. The molecule has 0 saturated carbocycles. The first-order valence-electron chi connectivity index (χ1n) is 5.22. The first kappa shape index (κ1) is 12.1. The van der Waals surface area contributed by atoms with E-state index in [0.29, 0.717) is 0 Å². The summed E-state index contributed by atoms with van der Waals surface area (Å²) in [6.07, 6.45) is 3.44. The number of halogens is 1. The summed E-state index contributed by atoms with van der Waals surface area (Å²) in [5, 5.41) is 6.90. The van der Waals surface area contributed by atoms with Gasteiger partial charge in [-0.15, -0.1) is 0 Å². The second kappa shape index (κ2) is 5.31. The van der Waals surface area contributed by atoms with Gasteiger partial charge in [0.2, 0.25) is 5.91 Å². The molecule has 4 nitrogen and oxygen atoms in total. The van der Waals surface area contributed by atoms with Crippen LogP contribution in [0, 0.1) is 3.57 Å². The van der Waals surface area contributed by atoms with Crippen LogP contribution >= 0.6 is 22.6 Å². The minimum absolute atomic E-state index is 0.0742. The average molecular weight is 341 g/mol. The van der Waals surface area contributed by atoms with Crippen LogP contribution in [0.3, 0.4) is 0 Å². The Morgan fingerprint density at radius 3 is 2.71 bits per heavy atom. The van der Waals surface area contributed by atoms with Gasteiger partial charge in [-0.1, -0.05) is 0 Å². The van der Waals surface area contributed by atoms with Gasteiger partial charge in [0, 0.05) is 21.7 Å². The monoisotopic (exact) mass is 341 g/mol. The number of hydrogen-bond acceptors (Lipinski definition) is 2. The first-order chi connectivity index (χ1) is 8.16. The van der Waals surface area contributed by atoms with Crippen molar-refractivity contribution < 1.29 is 4.79 Å². The van der Waals surface area contributed by atoms with Crippen LogP contribution in [0.1, 0.15) is 13.0 Å². The Bertz CT molecular complexity index is 493. The second-order valence-electron chi connectivity index (χ2n) is 3.66. The molecule has 1 aromatic carbocycles. The van der Waals surface area contributed by atoms with E-state index >= 15 is 0 Å². The minimum Gasteiger partial charge on any atom is -0.324 e. The Morgan fingerprint density at radius 2 is 2.12 bits per heavy atom. The van der Waals surface area contributed by atoms with E-state index < -0.39 is 0 Å². The van der Waals surface area contributed by atoms with Gasteiger partial charge in [-0.3, -0.25) is 9.48 Å². The van der Waals surface area contributed by atoms with Crippen LogP contribution in [0.15, 0.2) is 42.7 Å². The predicted octanol–water partition coefficient (Wildman–Crippen LogP) is 2.69. The van der Waals surface area contributed by atoms with Crippen molar-refractivity contribution in [1.82, 2.24) is 9.78 Å². The van der Waals surface area contributed by atoms with Gasteiger partial charge in [0.1, 0.15) is 6.04 Å². The molecule has 0 aliphatic rings. The zero-order valence-electron chi connectivity index (χ0n) is 9.30. The highest BCUT2D eigenvalue weighted by Gasteiger charge is 2.14. The zero-order chi connectivity index (χ0) is 12.3. The fourth-order valence-electron chi connectivity index (χ4n) is 1.41. The number of anilines is 1. The summed E-state index contributed by atoms with van der Waals surface area (Å²) in [6, 6.07) is 9.16. The normalized spacial score (nSPS) is 12.1. The van der Waals surface area contributed by atoms with E-state index in [2.05, 4.69) is 33.0 Å². The smallest absolute Gasteiger partial charge is 0.248 e. The molecule has 1 aromatic heterocycles. The number of benzene rings is 1. The first-order valence-corrected chi connectivity index (χ1v) is 6.30. The van der Waals surface area contributed by atoms with Crippen molar-refractivity contribution in [2.75, 3.05) is 5.32 Å². The van der Waals surface area contributed by atoms with Crippen molar-refractivity contribution in [3.63, 3.8) is 0 Å². The molecule has 1 heterocycles. The molecule has 0 spiro atoms. The molecule has 88 valence electrons. The SMILES string of the molecule is C[C@H](C(=O)Nc1ccc(I)cc1)n1cccn1. The van der Waals surface area contributed by atoms with Gasteiger partial charge in [0.05, 0.1) is 0 Å². The molecule has 0 bridgehead atoms. The standard InChI is InChI=1S/C12H12IN3O/c1-9(16-8-2-7-14-16)12(17)15-11-5-3-10(13)4-6-11/h2-9H,1H3,(H,15,17)/t9-/m1/s1. The van der Waals surface area contributed by atoms with E-state index in [-0.39, 0.29) is 11.9 Å². The van der Waals surface area contributed by atoms with E-state index in [0.717, 1.165) is 9.26 Å². The molecular weight excluding hydrogens is 329 g/mol. The molecule has 5 heteroatoms. The summed E-state index contributed by atoms with van der Waals surface area (Å²) >= 11 is 2.23. The molecule has 0 fully saturated rings. The maximum Gasteiger partial charge on any atom is 0.248 e. The second-order valence-corrected chi connectivity index (χ2v) is 4.90. The van der Waals surface area contributed by atoms with Crippen LogP contribution < -0.4 is 5.32 Å². The summed E-state index contributed by atoms with van der Waals surface area (Å²) in [5.41, 5.74) is 0.800. The number of hydrogen-bond donors (Lipinski definition) is 1. The summed E-state index contributed by atoms with van der Waals surface area (Å²) in [7, 11) is 0. The van der Waals surface area contributed by atoms with Gasteiger partial charge in [0.25, 0.3) is 0 Å². The molecule has 2 aromatic rings. The summed E-state index contributed by atoms with van der Waals surface area (Å²) in [5.74, 6) is -0.0742. The van der Waals surface area contributed by atoms with Crippen LogP contribution in [-0.2, 0) is 4.79 Å². The fraction of sp³-hybridized carbons (Fsp3) is 0.167. The van der Waals surface area contributed by atoms with Crippen molar-refractivity contribution in [1.29, 1.82) is 0 Å². The van der Waals surface area contributed by atoms with Crippen LogP contribution in [-0.4, -0.2) is 15.7 Å². The van der Waals surface area contributed by atoms with Gasteiger partial charge in [-0.2, -0.15) is 5.10 Å². The van der Waals surface area contributed by atoms with E-state index in [1.165, 1.54) is 0 Å². The van der Waals surface area contributed by atoms with Gasteiger partial charge >= 0.3 is 0 Å². The number of amides is 1. The molecule has 1 amide bonds. The lowest BCUT2D eigenvalue weighted by Gasteiger charge is -2.12. The number of aromatic nitrogens is 2. The third-order valence-electron chi connectivity index (χ3n) is 2.41. The Morgan fingerprint density at radius 1 is 1.41 bits per heavy atom.